The van der Waals surface area contributed by atoms with Gasteiger partial charge in [-0.1, -0.05) is 97.8 Å². The van der Waals surface area contributed by atoms with Crippen LogP contribution in [-0.2, 0) is 0 Å². The van der Waals surface area contributed by atoms with Gasteiger partial charge in [0.05, 0.1) is 0 Å². The molecule has 0 aliphatic heterocycles. The molecule has 0 unspecified atom stereocenters. The molecule has 0 spiro atoms. The lowest BCUT2D eigenvalue weighted by atomic mass is 9.96. The van der Waals surface area contributed by atoms with Gasteiger partial charge in [-0.05, 0) is 18.8 Å². The van der Waals surface area contributed by atoms with Gasteiger partial charge in [0.1, 0.15) is 0 Å². The fourth-order valence-electron chi connectivity index (χ4n) is 2.54. The second kappa shape index (κ2) is 15.1. The zero-order valence-electron chi connectivity index (χ0n) is 13.4. The average molecular weight is 253 g/mol. The van der Waals surface area contributed by atoms with Crippen molar-refractivity contribution in [3.63, 3.8) is 0 Å². The molecule has 0 heterocycles. The molecule has 0 saturated heterocycles. The van der Waals surface area contributed by atoms with Crippen LogP contribution in [0.15, 0.2) is 0 Å². The summed E-state index contributed by atoms with van der Waals surface area (Å²) in [4.78, 5) is 0. The van der Waals surface area contributed by atoms with Crippen molar-refractivity contribution in [3.8, 4) is 0 Å². The normalized spacial score (nSPS) is 11.3. The summed E-state index contributed by atoms with van der Waals surface area (Å²) in [6, 6.07) is 0. The van der Waals surface area contributed by atoms with E-state index >= 15 is 0 Å². The van der Waals surface area contributed by atoms with E-state index < -0.39 is 0 Å². The molecule has 0 aromatic heterocycles. The van der Waals surface area contributed by atoms with E-state index in [2.05, 4.69) is 20.8 Å². The van der Waals surface area contributed by atoms with Crippen molar-refractivity contribution in [2.45, 2.75) is 111 Å². The Balaban J connectivity index is 3.05. The van der Waals surface area contributed by atoms with E-state index in [1.54, 1.807) is 5.92 Å². The Kier molecular flexibility index (Phi) is 15.1. The molecule has 0 fully saturated rings. The van der Waals surface area contributed by atoms with Gasteiger partial charge >= 0.3 is 0 Å². The molecule has 0 saturated carbocycles. The van der Waals surface area contributed by atoms with Gasteiger partial charge in [0.15, 0.2) is 0 Å². The quantitative estimate of drug-likeness (QED) is 0.290. The van der Waals surface area contributed by atoms with Gasteiger partial charge in [0.2, 0.25) is 0 Å². The van der Waals surface area contributed by atoms with Gasteiger partial charge < -0.3 is 0 Å². The van der Waals surface area contributed by atoms with Gasteiger partial charge in [0, 0.05) is 0 Å². The fourth-order valence-corrected chi connectivity index (χ4v) is 2.54. The highest BCUT2D eigenvalue weighted by molar-refractivity contribution is 4.82. The first-order valence-corrected chi connectivity index (χ1v) is 8.62. The molecule has 0 atom stereocenters. The summed E-state index contributed by atoms with van der Waals surface area (Å²) in [5, 5.41) is 0. The van der Waals surface area contributed by atoms with Crippen molar-refractivity contribution >= 4 is 0 Å². The topological polar surface area (TPSA) is 0 Å². The van der Waals surface area contributed by atoms with Crippen molar-refractivity contribution in [1.82, 2.24) is 0 Å². The van der Waals surface area contributed by atoms with Gasteiger partial charge in [0.25, 0.3) is 0 Å². The van der Waals surface area contributed by atoms with Crippen LogP contribution in [0, 0.1) is 5.92 Å². The van der Waals surface area contributed by atoms with E-state index in [9.17, 15) is 0 Å². The first-order valence-electron chi connectivity index (χ1n) is 8.62. The third-order valence-electron chi connectivity index (χ3n) is 3.91. The molecule has 0 aromatic carbocycles. The third-order valence-corrected chi connectivity index (χ3v) is 3.91. The van der Waals surface area contributed by atoms with Crippen LogP contribution in [0.5, 0.6) is 0 Å². The number of rotatable bonds is 14. The lowest BCUT2D eigenvalue weighted by Crippen LogP contribution is -1.92. The maximum Gasteiger partial charge on any atom is -0.0272 e. The molecule has 0 N–H and O–H groups in total. The van der Waals surface area contributed by atoms with E-state index in [-0.39, 0.29) is 0 Å². The summed E-state index contributed by atoms with van der Waals surface area (Å²) in [5.41, 5.74) is 0. The highest BCUT2D eigenvalue weighted by atomic mass is 14.1. The molecular formula is C18H37. The Hall–Kier alpha value is 0. The van der Waals surface area contributed by atoms with Gasteiger partial charge in [-0.2, -0.15) is 0 Å². The summed E-state index contributed by atoms with van der Waals surface area (Å²) < 4.78 is 0. The molecule has 0 aliphatic carbocycles. The summed E-state index contributed by atoms with van der Waals surface area (Å²) in [5.74, 6) is 1.74. The molecule has 0 heteroatoms. The van der Waals surface area contributed by atoms with Gasteiger partial charge in [-0.15, -0.1) is 0 Å². The highest BCUT2D eigenvalue weighted by Gasteiger charge is 2.01. The lowest BCUT2D eigenvalue weighted by molar-refractivity contribution is 0.548. The largest absolute Gasteiger partial charge is 0.0654 e. The molecule has 1 radical (unpaired) electrons. The van der Waals surface area contributed by atoms with Crippen LogP contribution in [0.2, 0.25) is 0 Å². The maximum absolute atomic E-state index is 2.36. The molecule has 109 valence electrons. The molecule has 0 aromatic rings. The second-order valence-electron chi connectivity index (χ2n) is 5.99. The maximum atomic E-state index is 2.36. The predicted molar refractivity (Wildman–Crippen MR) is 84.9 cm³/mol. The second-order valence-corrected chi connectivity index (χ2v) is 5.99. The fraction of sp³-hybridized carbons (Fsp3) is 0.944. The number of hydrogen-bond acceptors (Lipinski definition) is 0. The monoisotopic (exact) mass is 253 g/mol. The Morgan fingerprint density at radius 2 is 0.833 bits per heavy atom. The van der Waals surface area contributed by atoms with Gasteiger partial charge in [-0.3, -0.25) is 0 Å². The minimum atomic E-state index is 1.35. The summed E-state index contributed by atoms with van der Waals surface area (Å²) in [6.07, 6.45) is 20.0. The Labute approximate surface area is 117 Å². The van der Waals surface area contributed by atoms with E-state index in [0.29, 0.717) is 0 Å². The van der Waals surface area contributed by atoms with Crippen LogP contribution in [-0.4, -0.2) is 0 Å². The van der Waals surface area contributed by atoms with Crippen molar-refractivity contribution in [3.05, 3.63) is 5.92 Å². The minimum Gasteiger partial charge on any atom is -0.0654 e. The van der Waals surface area contributed by atoms with E-state index in [0.717, 1.165) is 0 Å². The summed E-state index contributed by atoms with van der Waals surface area (Å²) in [7, 11) is 0. The molecular weight excluding hydrogens is 216 g/mol. The first kappa shape index (κ1) is 18.0. The molecule has 0 bridgehead atoms. The standard InChI is InChI=1S/C18H37/c1-4-6-8-9-10-11-12-13-15-17-18(3)16-14-7-5-2/h4-17H2,1-3H3. The smallest absolute Gasteiger partial charge is 0.0272 e. The Morgan fingerprint density at radius 3 is 1.33 bits per heavy atom. The molecule has 0 nitrogen and oxygen atoms in total. The molecule has 18 heavy (non-hydrogen) atoms. The Morgan fingerprint density at radius 1 is 0.500 bits per heavy atom. The van der Waals surface area contributed by atoms with E-state index in [1.165, 1.54) is 89.9 Å². The van der Waals surface area contributed by atoms with E-state index in [1.807, 2.05) is 0 Å². The third kappa shape index (κ3) is 14.1. The Bertz CT molecular complexity index is 139. The number of unbranched alkanes of at least 4 members (excludes halogenated alkanes) is 10. The van der Waals surface area contributed by atoms with Crippen LogP contribution < -0.4 is 0 Å². The summed E-state index contributed by atoms with van der Waals surface area (Å²) in [6.45, 7) is 6.94. The molecule has 0 rings (SSSR count). The van der Waals surface area contributed by atoms with Crippen molar-refractivity contribution < 1.29 is 0 Å². The van der Waals surface area contributed by atoms with Crippen LogP contribution in [0.4, 0.5) is 0 Å². The van der Waals surface area contributed by atoms with Crippen molar-refractivity contribution in [1.29, 1.82) is 0 Å². The predicted octanol–water partition coefficient (Wildman–Crippen LogP) is 7.08. The first-order chi connectivity index (χ1) is 8.81. The van der Waals surface area contributed by atoms with Gasteiger partial charge in [-0.25, -0.2) is 0 Å². The van der Waals surface area contributed by atoms with Crippen molar-refractivity contribution in [2.75, 3.05) is 0 Å². The van der Waals surface area contributed by atoms with Crippen LogP contribution in [0.25, 0.3) is 0 Å². The van der Waals surface area contributed by atoms with Crippen molar-refractivity contribution in [2.24, 2.45) is 0 Å². The lowest BCUT2D eigenvalue weighted by Gasteiger charge is -2.10. The van der Waals surface area contributed by atoms with Crippen LogP contribution in [0.3, 0.4) is 0 Å². The molecule has 0 amide bonds. The number of hydrogen-bond donors (Lipinski definition) is 0. The van der Waals surface area contributed by atoms with Crippen LogP contribution >= 0.6 is 0 Å². The zero-order valence-corrected chi connectivity index (χ0v) is 13.4. The SMILES string of the molecule is CCCCCCCCCCC[C](C)CCCCC. The van der Waals surface area contributed by atoms with E-state index in [4.69, 9.17) is 0 Å². The van der Waals surface area contributed by atoms with Crippen LogP contribution in [0.1, 0.15) is 111 Å². The molecule has 0 aliphatic rings. The average Bonchev–Trinajstić information content (AvgIpc) is 2.37. The zero-order chi connectivity index (χ0) is 13.5. The minimum absolute atomic E-state index is 1.35. The summed E-state index contributed by atoms with van der Waals surface area (Å²) >= 11 is 0. The highest BCUT2D eigenvalue weighted by Crippen LogP contribution is 2.19.